The first-order valence-electron chi connectivity index (χ1n) is 9.47. The maximum absolute atomic E-state index is 8.91. The van der Waals surface area contributed by atoms with Gasteiger partial charge in [0, 0.05) is 58.9 Å². The lowest BCUT2D eigenvalue weighted by Gasteiger charge is -2.06. The molecule has 0 fully saturated rings. The van der Waals surface area contributed by atoms with Gasteiger partial charge in [-0.1, -0.05) is 0 Å². The zero-order chi connectivity index (χ0) is 23.8. The minimum atomic E-state index is -5.17. The summed E-state index contributed by atoms with van der Waals surface area (Å²) in [7, 11) is -5.17. The van der Waals surface area contributed by atoms with Crippen molar-refractivity contribution in [2.45, 2.75) is 0 Å². The lowest BCUT2D eigenvalue weighted by Crippen LogP contribution is -2.29. The molecule has 162 valence electrons. The third-order valence-corrected chi connectivity index (χ3v) is 4.58. The Labute approximate surface area is 191 Å². The van der Waals surface area contributed by atoms with E-state index in [-0.39, 0.29) is 0 Å². The normalized spacial score (nSPS) is 10.3. The molecule has 4 rings (SSSR count). The van der Waals surface area contributed by atoms with E-state index in [4.69, 9.17) is 28.0 Å². The monoisotopic (exact) mass is 456 g/mol. The summed E-state index contributed by atoms with van der Waals surface area (Å²) >= 11 is 0. The van der Waals surface area contributed by atoms with Crippen LogP contribution in [-0.2, 0) is 10.4 Å². The van der Waals surface area contributed by atoms with Gasteiger partial charge in [-0.3, -0.25) is 8.42 Å². The Kier molecular flexibility index (Phi) is 7.24. The summed E-state index contributed by atoms with van der Waals surface area (Å²) in [5.41, 5.74) is 5.57. The molecule has 0 aliphatic heterocycles. The van der Waals surface area contributed by atoms with Crippen LogP contribution >= 0.6 is 0 Å². The topological polar surface area (TPSA) is 136 Å². The number of nitriles is 2. The Morgan fingerprint density at radius 1 is 0.576 bits per heavy atom. The van der Waals surface area contributed by atoms with E-state index in [2.05, 4.69) is 36.4 Å². The van der Waals surface area contributed by atoms with Gasteiger partial charge < -0.3 is 9.11 Å². The van der Waals surface area contributed by atoms with Gasteiger partial charge in [-0.25, -0.2) is 0 Å². The van der Waals surface area contributed by atoms with E-state index in [1.54, 1.807) is 0 Å². The maximum atomic E-state index is 8.91. The number of pyridine rings is 2. The molecule has 2 heterocycles. The first-order valence-corrected chi connectivity index (χ1v) is 10.8. The second-order valence-corrected chi connectivity index (χ2v) is 7.53. The molecule has 33 heavy (non-hydrogen) atoms. The molecular weight excluding hydrogens is 440 g/mol. The molecule has 0 spiro atoms. The van der Waals surface area contributed by atoms with Crippen molar-refractivity contribution in [3.63, 3.8) is 0 Å². The largest absolute Gasteiger partial charge is 0.759 e. The van der Waals surface area contributed by atoms with Crippen LogP contribution in [0.1, 0.15) is 11.1 Å². The van der Waals surface area contributed by atoms with Crippen molar-refractivity contribution >= 4 is 10.4 Å². The van der Waals surface area contributed by atoms with Gasteiger partial charge in [0.25, 0.3) is 0 Å². The Bertz CT molecular complexity index is 1310. The smallest absolute Gasteiger partial charge is 0.210 e. The van der Waals surface area contributed by atoms with E-state index in [0.29, 0.717) is 11.1 Å². The van der Waals surface area contributed by atoms with E-state index in [9.17, 15) is 0 Å². The molecule has 0 unspecified atom stereocenters. The molecular formula is C24H16N4O4S. The van der Waals surface area contributed by atoms with Crippen LogP contribution in [0.5, 0.6) is 0 Å². The van der Waals surface area contributed by atoms with Crippen molar-refractivity contribution in [3.05, 3.63) is 109 Å². The highest BCUT2D eigenvalue weighted by molar-refractivity contribution is 7.79. The standard InChI is InChI=1S/C24H16N4.H2O4S/c25-17-19-1-5-23(6-2-19)27-13-9-21(10-14-27)22-11-15-28(16-12-22)24-7-3-20(18-26)4-8-24;1-5(2,3)4/h1-16H;(H2,1,2,3,4)/q+2;/p-2. The predicted molar refractivity (Wildman–Crippen MR) is 115 cm³/mol. The summed E-state index contributed by atoms with van der Waals surface area (Å²) < 4.78 is 38.1. The van der Waals surface area contributed by atoms with Crippen LogP contribution in [0.25, 0.3) is 22.5 Å². The Morgan fingerprint density at radius 2 is 0.848 bits per heavy atom. The van der Waals surface area contributed by atoms with E-state index >= 15 is 0 Å². The molecule has 2 aromatic carbocycles. The van der Waals surface area contributed by atoms with E-state index in [1.165, 1.54) is 0 Å². The van der Waals surface area contributed by atoms with E-state index in [0.717, 1.165) is 22.5 Å². The molecule has 0 saturated heterocycles. The van der Waals surface area contributed by atoms with Crippen molar-refractivity contribution in [2.24, 2.45) is 0 Å². The van der Waals surface area contributed by atoms with Crippen LogP contribution in [-0.4, -0.2) is 17.5 Å². The quantitative estimate of drug-likeness (QED) is 0.264. The Hall–Kier alpha value is -4.41. The lowest BCUT2D eigenvalue weighted by atomic mass is 10.1. The SMILES string of the molecule is N#Cc1ccc(-[n+]2ccc(-c3cc[n+](-c4ccc(C#N)cc4)cc3)cc2)cc1.O=S(=O)([O-])[O-]. The lowest BCUT2D eigenvalue weighted by molar-refractivity contribution is -0.596. The molecule has 2 aromatic heterocycles. The minimum absolute atomic E-state index is 0.654. The number of nitrogens with zero attached hydrogens (tertiary/aromatic N) is 4. The fourth-order valence-corrected chi connectivity index (χ4v) is 3.00. The molecule has 0 atom stereocenters. The van der Waals surface area contributed by atoms with Gasteiger partial charge in [-0.15, -0.1) is 0 Å². The molecule has 8 nitrogen and oxygen atoms in total. The van der Waals surface area contributed by atoms with Crippen molar-refractivity contribution in [1.82, 2.24) is 0 Å². The van der Waals surface area contributed by atoms with Crippen LogP contribution in [0, 0.1) is 22.7 Å². The highest BCUT2D eigenvalue weighted by Gasteiger charge is 2.09. The van der Waals surface area contributed by atoms with Crippen LogP contribution < -0.4 is 9.13 Å². The van der Waals surface area contributed by atoms with Gasteiger partial charge in [-0.05, 0) is 35.4 Å². The molecule has 0 bridgehead atoms. The van der Waals surface area contributed by atoms with Gasteiger partial charge in [0.05, 0.1) is 23.3 Å². The van der Waals surface area contributed by atoms with Gasteiger partial charge in [-0.2, -0.15) is 19.7 Å². The van der Waals surface area contributed by atoms with Gasteiger partial charge in [0.2, 0.25) is 11.4 Å². The molecule has 9 heteroatoms. The summed E-state index contributed by atoms with van der Waals surface area (Å²) in [6, 6.07) is 27.5. The molecule has 0 saturated carbocycles. The summed E-state index contributed by atoms with van der Waals surface area (Å²) in [5.74, 6) is 0. The third kappa shape index (κ3) is 6.79. The average molecular weight is 456 g/mol. The third-order valence-electron chi connectivity index (χ3n) is 4.58. The first-order chi connectivity index (χ1) is 15.8. The number of benzene rings is 2. The van der Waals surface area contributed by atoms with Crippen LogP contribution in [0.3, 0.4) is 0 Å². The Balaban J connectivity index is 0.000000555. The van der Waals surface area contributed by atoms with E-state index < -0.39 is 10.4 Å². The van der Waals surface area contributed by atoms with Crippen molar-refractivity contribution in [3.8, 4) is 34.6 Å². The number of aromatic nitrogens is 2. The number of hydrogen-bond acceptors (Lipinski definition) is 6. The highest BCUT2D eigenvalue weighted by atomic mass is 32.3. The molecule has 4 aromatic rings. The van der Waals surface area contributed by atoms with Gasteiger partial charge >= 0.3 is 0 Å². The van der Waals surface area contributed by atoms with Crippen LogP contribution in [0.4, 0.5) is 0 Å². The maximum Gasteiger partial charge on any atom is 0.210 e. The molecule has 0 radical (unpaired) electrons. The summed E-state index contributed by atoms with van der Waals surface area (Å²) in [5, 5.41) is 17.8. The van der Waals surface area contributed by atoms with Crippen molar-refractivity contribution < 1.29 is 26.7 Å². The molecule has 0 N–H and O–H groups in total. The van der Waals surface area contributed by atoms with Crippen molar-refractivity contribution in [2.75, 3.05) is 0 Å². The highest BCUT2D eigenvalue weighted by Crippen LogP contribution is 2.17. The fourth-order valence-electron chi connectivity index (χ4n) is 3.00. The predicted octanol–water partition coefficient (Wildman–Crippen LogP) is 2.31. The van der Waals surface area contributed by atoms with E-state index in [1.807, 2.05) is 82.5 Å². The summed E-state index contributed by atoms with van der Waals surface area (Å²) in [6.45, 7) is 0. The van der Waals surface area contributed by atoms with Crippen molar-refractivity contribution in [1.29, 1.82) is 10.5 Å². The molecule has 0 aliphatic carbocycles. The average Bonchev–Trinajstić information content (AvgIpc) is 2.83. The van der Waals surface area contributed by atoms with Crippen LogP contribution in [0.15, 0.2) is 97.6 Å². The van der Waals surface area contributed by atoms with Crippen LogP contribution in [0.2, 0.25) is 0 Å². The summed E-state index contributed by atoms with van der Waals surface area (Å²) in [6.07, 6.45) is 8.05. The second-order valence-electron chi connectivity index (χ2n) is 6.71. The molecule has 0 aliphatic rings. The van der Waals surface area contributed by atoms with Gasteiger partial charge in [0.15, 0.2) is 24.8 Å². The fraction of sp³-hybridized carbons (Fsp3) is 0. The second kappa shape index (κ2) is 10.3. The first kappa shape index (κ1) is 23.3. The Morgan fingerprint density at radius 3 is 1.09 bits per heavy atom. The minimum Gasteiger partial charge on any atom is -0.759 e. The van der Waals surface area contributed by atoms with Gasteiger partial charge in [0.1, 0.15) is 0 Å². The number of rotatable bonds is 3. The number of hydrogen-bond donors (Lipinski definition) is 0. The summed E-state index contributed by atoms with van der Waals surface area (Å²) in [4.78, 5) is 0. The molecule has 0 amide bonds. The zero-order valence-corrected chi connectivity index (χ0v) is 17.9. The zero-order valence-electron chi connectivity index (χ0n) is 17.1.